The maximum Gasteiger partial charge on any atom is 0.0556 e. The molecule has 0 radical (unpaired) electrons. The second kappa shape index (κ2) is 4.65. The smallest absolute Gasteiger partial charge is 0.0556 e. The van der Waals surface area contributed by atoms with Gasteiger partial charge in [-0.2, -0.15) is 0 Å². The second-order valence-corrected chi connectivity index (χ2v) is 4.98. The van der Waals surface area contributed by atoms with E-state index in [4.69, 9.17) is 11.6 Å². The van der Waals surface area contributed by atoms with Crippen LogP contribution in [-0.4, -0.2) is 16.9 Å². The first kappa shape index (κ1) is 11.3. The Balaban J connectivity index is 2.42. The van der Waals surface area contributed by atoms with Crippen LogP contribution >= 0.6 is 11.6 Å². The van der Waals surface area contributed by atoms with E-state index in [0.29, 0.717) is 0 Å². The first-order valence-electron chi connectivity index (χ1n) is 4.78. The SMILES string of the molecule is CC(C)(C)C(Cl)CNc1ccncc1. The normalized spacial score (nSPS) is 13.7. The van der Waals surface area contributed by atoms with Crippen molar-refractivity contribution in [3.8, 4) is 0 Å². The number of hydrogen-bond donors (Lipinski definition) is 1. The third kappa shape index (κ3) is 3.54. The minimum atomic E-state index is 0.121. The lowest BCUT2D eigenvalue weighted by molar-refractivity contribution is 0.397. The molecule has 14 heavy (non-hydrogen) atoms. The quantitative estimate of drug-likeness (QED) is 0.779. The van der Waals surface area contributed by atoms with Crippen LogP contribution in [0.3, 0.4) is 0 Å². The molecule has 1 heterocycles. The molecule has 0 saturated heterocycles. The van der Waals surface area contributed by atoms with Crippen LogP contribution in [-0.2, 0) is 0 Å². The van der Waals surface area contributed by atoms with Gasteiger partial charge in [0.2, 0.25) is 0 Å². The number of halogens is 1. The van der Waals surface area contributed by atoms with Crippen LogP contribution in [0.2, 0.25) is 0 Å². The minimum Gasteiger partial charge on any atom is -0.383 e. The van der Waals surface area contributed by atoms with Gasteiger partial charge in [0.15, 0.2) is 0 Å². The lowest BCUT2D eigenvalue weighted by Crippen LogP contribution is -2.28. The number of pyridine rings is 1. The zero-order valence-corrected chi connectivity index (χ0v) is 9.67. The molecule has 1 aromatic rings. The first-order valence-corrected chi connectivity index (χ1v) is 5.22. The van der Waals surface area contributed by atoms with Crippen molar-refractivity contribution in [3.63, 3.8) is 0 Å². The summed E-state index contributed by atoms with van der Waals surface area (Å²) in [5, 5.41) is 3.40. The fourth-order valence-corrected chi connectivity index (χ4v) is 1.06. The van der Waals surface area contributed by atoms with Crippen molar-refractivity contribution in [1.82, 2.24) is 4.98 Å². The summed E-state index contributed by atoms with van der Waals surface area (Å²) in [6.45, 7) is 7.19. The Bertz CT molecular complexity index is 266. The highest BCUT2D eigenvalue weighted by molar-refractivity contribution is 6.21. The topological polar surface area (TPSA) is 24.9 Å². The minimum absolute atomic E-state index is 0.121. The molecule has 1 unspecified atom stereocenters. The molecular weight excluding hydrogens is 196 g/mol. The van der Waals surface area contributed by atoms with Crippen LogP contribution in [0.15, 0.2) is 24.5 Å². The number of nitrogens with one attached hydrogen (secondary N) is 1. The largest absolute Gasteiger partial charge is 0.383 e. The molecule has 0 aliphatic rings. The van der Waals surface area contributed by atoms with Gasteiger partial charge < -0.3 is 5.32 Å². The average Bonchev–Trinajstić information content (AvgIpc) is 2.14. The van der Waals surface area contributed by atoms with Crippen molar-refractivity contribution >= 4 is 17.3 Å². The van der Waals surface area contributed by atoms with Crippen LogP contribution < -0.4 is 5.32 Å². The number of aromatic nitrogens is 1. The molecule has 0 aromatic carbocycles. The summed E-state index contributed by atoms with van der Waals surface area (Å²) in [7, 11) is 0. The third-order valence-electron chi connectivity index (χ3n) is 2.11. The number of hydrogen-bond acceptors (Lipinski definition) is 2. The van der Waals surface area contributed by atoms with Gasteiger partial charge in [0.1, 0.15) is 0 Å². The number of rotatable bonds is 3. The summed E-state index contributed by atoms with van der Waals surface area (Å²) < 4.78 is 0. The van der Waals surface area contributed by atoms with Crippen molar-refractivity contribution in [1.29, 1.82) is 0 Å². The molecule has 0 aliphatic carbocycles. The molecular formula is C11H17ClN2. The monoisotopic (exact) mass is 212 g/mol. The van der Waals surface area contributed by atoms with Crippen molar-refractivity contribution in [2.45, 2.75) is 26.1 Å². The Morgan fingerprint density at radius 3 is 2.43 bits per heavy atom. The van der Waals surface area contributed by atoms with Crippen LogP contribution in [0.5, 0.6) is 0 Å². The number of nitrogens with zero attached hydrogens (tertiary/aromatic N) is 1. The van der Waals surface area contributed by atoms with Crippen molar-refractivity contribution in [2.24, 2.45) is 5.41 Å². The molecule has 0 spiro atoms. The average molecular weight is 213 g/mol. The maximum absolute atomic E-state index is 6.23. The molecule has 1 aromatic heterocycles. The number of anilines is 1. The predicted molar refractivity (Wildman–Crippen MR) is 61.8 cm³/mol. The summed E-state index contributed by atoms with van der Waals surface area (Å²) in [6, 6.07) is 3.87. The van der Waals surface area contributed by atoms with Gasteiger partial charge in [-0.3, -0.25) is 4.98 Å². The van der Waals surface area contributed by atoms with E-state index in [0.717, 1.165) is 12.2 Å². The second-order valence-electron chi connectivity index (χ2n) is 4.45. The van der Waals surface area contributed by atoms with E-state index < -0.39 is 0 Å². The molecule has 78 valence electrons. The molecule has 0 bridgehead atoms. The summed E-state index contributed by atoms with van der Waals surface area (Å²) in [5.74, 6) is 0. The van der Waals surface area contributed by atoms with Gasteiger partial charge in [-0.1, -0.05) is 20.8 Å². The van der Waals surface area contributed by atoms with E-state index >= 15 is 0 Å². The van der Waals surface area contributed by atoms with Gasteiger partial charge >= 0.3 is 0 Å². The Hall–Kier alpha value is -0.760. The molecule has 1 rings (SSSR count). The standard InChI is InChI=1S/C11H17ClN2/c1-11(2,3)10(12)8-14-9-4-6-13-7-5-9/h4-7,10H,8H2,1-3H3,(H,13,14). The van der Waals surface area contributed by atoms with E-state index in [1.54, 1.807) is 12.4 Å². The highest BCUT2D eigenvalue weighted by atomic mass is 35.5. The van der Waals surface area contributed by atoms with Gasteiger partial charge in [-0.05, 0) is 17.5 Å². The highest BCUT2D eigenvalue weighted by Crippen LogP contribution is 2.24. The fourth-order valence-electron chi connectivity index (χ4n) is 0.983. The van der Waals surface area contributed by atoms with Crippen LogP contribution in [0.1, 0.15) is 20.8 Å². The first-order chi connectivity index (χ1) is 6.50. The highest BCUT2D eigenvalue weighted by Gasteiger charge is 2.21. The Labute approximate surface area is 90.7 Å². The molecule has 0 fully saturated rings. The van der Waals surface area contributed by atoms with Gasteiger partial charge in [0.05, 0.1) is 5.38 Å². The molecule has 0 saturated carbocycles. The van der Waals surface area contributed by atoms with Crippen LogP contribution in [0.25, 0.3) is 0 Å². The van der Waals surface area contributed by atoms with Crippen LogP contribution in [0.4, 0.5) is 5.69 Å². The zero-order valence-electron chi connectivity index (χ0n) is 8.92. The zero-order chi connectivity index (χ0) is 10.6. The van der Waals surface area contributed by atoms with E-state index in [1.165, 1.54) is 0 Å². The molecule has 2 nitrogen and oxygen atoms in total. The van der Waals surface area contributed by atoms with Gasteiger partial charge in [0.25, 0.3) is 0 Å². The summed E-state index contributed by atoms with van der Waals surface area (Å²) in [4.78, 5) is 3.95. The lowest BCUT2D eigenvalue weighted by Gasteiger charge is -2.25. The summed E-state index contributed by atoms with van der Waals surface area (Å²) in [6.07, 6.45) is 3.53. The lowest BCUT2D eigenvalue weighted by atomic mass is 9.92. The van der Waals surface area contributed by atoms with Gasteiger partial charge in [-0.15, -0.1) is 11.6 Å². The van der Waals surface area contributed by atoms with Gasteiger partial charge in [-0.25, -0.2) is 0 Å². The van der Waals surface area contributed by atoms with Crippen LogP contribution in [0, 0.1) is 5.41 Å². The maximum atomic E-state index is 6.23. The molecule has 1 N–H and O–H groups in total. The Morgan fingerprint density at radius 1 is 1.36 bits per heavy atom. The predicted octanol–water partition coefficient (Wildman–Crippen LogP) is 3.15. The van der Waals surface area contributed by atoms with Crippen molar-refractivity contribution in [2.75, 3.05) is 11.9 Å². The molecule has 0 aliphatic heterocycles. The van der Waals surface area contributed by atoms with Crippen molar-refractivity contribution < 1.29 is 0 Å². The fraction of sp³-hybridized carbons (Fsp3) is 0.545. The Kier molecular flexibility index (Phi) is 3.76. The number of alkyl halides is 1. The summed E-state index contributed by atoms with van der Waals surface area (Å²) >= 11 is 6.23. The van der Waals surface area contributed by atoms with Crippen molar-refractivity contribution in [3.05, 3.63) is 24.5 Å². The molecule has 0 amide bonds. The van der Waals surface area contributed by atoms with E-state index in [2.05, 4.69) is 31.1 Å². The Morgan fingerprint density at radius 2 is 1.93 bits per heavy atom. The van der Waals surface area contributed by atoms with E-state index in [1.807, 2.05) is 12.1 Å². The molecule has 1 atom stereocenters. The van der Waals surface area contributed by atoms with Gasteiger partial charge in [0, 0.05) is 24.6 Å². The van der Waals surface area contributed by atoms with E-state index in [9.17, 15) is 0 Å². The van der Waals surface area contributed by atoms with E-state index in [-0.39, 0.29) is 10.8 Å². The molecule has 3 heteroatoms. The summed E-state index contributed by atoms with van der Waals surface area (Å²) in [5.41, 5.74) is 1.19. The third-order valence-corrected chi connectivity index (χ3v) is 2.91.